The van der Waals surface area contributed by atoms with Crippen LogP contribution in [0.3, 0.4) is 0 Å². The summed E-state index contributed by atoms with van der Waals surface area (Å²) in [5.41, 5.74) is 4.48. The van der Waals surface area contributed by atoms with Crippen LogP contribution in [0.5, 0.6) is 0 Å². The second kappa shape index (κ2) is 19.1. The maximum Gasteiger partial charge on any atom is 0.190 e. The average Bonchev–Trinajstić information content (AvgIpc) is 3.87. The van der Waals surface area contributed by atoms with Gasteiger partial charge in [0.1, 0.15) is 67.1 Å². The third-order valence-corrected chi connectivity index (χ3v) is 9.41. The predicted molar refractivity (Wildman–Crippen MR) is 175 cm³/mol. The zero-order valence-corrected chi connectivity index (χ0v) is 30.6. The van der Waals surface area contributed by atoms with E-state index in [1.54, 1.807) is 27.7 Å². The van der Waals surface area contributed by atoms with Crippen molar-refractivity contribution in [3.05, 3.63) is 0 Å². The number of rotatable bonds is 21. The second-order valence-electron chi connectivity index (χ2n) is 15.6. The minimum atomic E-state index is -2.42. The summed E-state index contributed by atoms with van der Waals surface area (Å²) in [5.74, 6) is -2.01. The molecule has 3 aliphatic rings. The van der Waals surface area contributed by atoms with Gasteiger partial charge in [-0.1, -0.05) is 13.8 Å². The summed E-state index contributed by atoms with van der Waals surface area (Å²) >= 11 is 0. The zero-order valence-electron chi connectivity index (χ0n) is 30.6. The molecular weight excluding hydrogens is 718 g/mol. The van der Waals surface area contributed by atoms with Gasteiger partial charge in [0, 0.05) is 30.6 Å². The summed E-state index contributed by atoms with van der Waals surface area (Å²) in [7, 11) is 0. The van der Waals surface area contributed by atoms with E-state index in [2.05, 4.69) is 0 Å². The fourth-order valence-corrected chi connectivity index (χ4v) is 6.46. The van der Waals surface area contributed by atoms with Crippen molar-refractivity contribution >= 4 is 0 Å². The molecule has 0 aromatic heterocycles. The predicted octanol–water partition coefficient (Wildman–Crippen LogP) is -6.36. The summed E-state index contributed by atoms with van der Waals surface area (Å²) in [4.78, 5) is 0. The van der Waals surface area contributed by atoms with Crippen molar-refractivity contribution in [2.24, 2.45) is 17.6 Å². The molecule has 3 heterocycles. The van der Waals surface area contributed by atoms with Crippen molar-refractivity contribution < 1.29 is 99.5 Å². The largest absolute Gasteiger partial charge is 0.396 e. The summed E-state index contributed by atoms with van der Waals surface area (Å²) in [6.07, 6.45) is -31.8. The Morgan fingerprint density at radius 3 is 1.77 bits per heavy atom. The maximum absolute atomic E-state index is 11.2. The molecule has 15 N–H and O–H groups in total. The van der Waals surface area contributed by atoms with Crippen LogP contribution in [0.4, 0.5) is 0 Å². The fraction of sp³-hybridized carbons (Fsp3) is 1.00. The van der Waals surface area contributed by atoms with E-state index in [9.17, 15) is 66.4 Å². The molecule has 314 valence electrons. The molecule has 3 saturated heterocycles. The van der Waals surface area contributed by atoms with Crippen LogP contribution in [-0.4, -0.2) is 208 Å². The van der Waals surface area contributed by atoms with E-state index in [-0.39, 0.29) is 0 Å². The first kappa shape index (κ1) is 46.5. The van der Waals surface area contributed by atoms with Gasteiger partial charge in [0.15, 0.2) is 31.5 Å². The Balaban J connectivity index is 1.76. The second-order valence-corrected chi connectivity index (χ2v) is 15.6. The van der Waals surface area contributed by atoms with Crippen LogP contribution < -0.4 is 5.73 Å². The highest BCUT2D eigenvalue weighted by Gasteiger charge is 2.60. The summed E-state index contributed by atoms with van der Waals surface area (Å²) in [6, 6.07) is 0. The Bertz CT molecular complexity index is 1100. The lowest BCUT2D eigenvalue weighted by Crippen LogP contribution is -2.64. The maximum atomic E-state index is 11.2. The number of aliphatic hydroxyl groups excluding tert-OH is 13. The number of fused-ring (bicyclic) bond motifs is 1. The van der Waals surface area contributed by atoms with Crippen LogP contribution in [-0.2, 0) is 33.2 Å². The molecule has 0 spiro atoms. The van der Waals surface area contributed by atoms with Gasteiger partial charge in [-0.3, -0.25) is 0 Å². The molecule has 20 unspecified atom stereocenters. The normalized spacial score (nSPS) is 36.7. The van der Waals surface area contributed by atoms with Gasteiger partial charge in [0.25, 0.3) is 0 Å². The van der Waals surface area contributed by atoms with E-state index in [1.807, 2.05) is 0 Å². The minimum Gasteiger partial charge on any atom is -0.396 e. The third-order valence-electron chi connectivity index (χ3n) is 9.41. The van der Waals surface area contributed by atoms with Crippen LogP contribution in [0.25, 0.3) is 0 Å². The number of ether oxygens (including phenoxy) is 7. The van der Waals surface area contributed by atoms with E-state index >= 15 is 0 Å². The van der Waals surface area contributed by atoms with Crippen LogP contribution in [0.1, 0.15) is 48.0 Å². The minimum absolute atomic E-state index is 0.304. The van der Waals surface area contributed by atoms with Crippen molar-refractivity contribution in [1.82, 2.24) is 0 Å². The van der Waals surface area contributed by atoms with Gasteiger partial charge >= 0.3 is 0 Å². The van der Waals surface area contributed by atoms with Gasteiger partial charge in [-0.15, -0.1) is 0 Å². The topological polar surface area (TPSA) is 357 Å². The molecule has 3 aliphatic heterocycles. The molecule has 0 radical (unpaired) electrons. The van der Waals surface area contributed by atoms with Gasteiger partial charge in [-0.25, -0.2) is 0 Å². The molecule has 0 amide bonds. The van der Waals surface area contributed by atoms with E-state index in [4.69, 9.17) is 38.9 Å². The fourth-order valence-electron chi connectivity index (χ4n) is 6.46. The lowest BCUT2D eigenvalue weighted by atomic mass is 9.90. The smallest absolute Gasteiger partial charge is 0.190 e. The third kappa shape index (κ3) is 11.8. The molecule has 0 saturated carbocycles. The number of aliphatic hydroxyl groups is 13. The average molecular weight is 780 g/mol. The Labute approximate surface area is 306 Å². The Hall–Kier alpha value is -0.840. The lowest BCUT2D eigenvalue weighted by Gasteiger charge is -2.46. The number of hydrogen-bond acceptors (Lipinski definition) is 21. The molecule has 3 fully saturated rings. The molecule has 20 atom stereocenters. The van der Waals surface area contributed by atoms with Crippen molar-refractivity contribution in [3.8, 4) is 0 Å². The van der Waals surface area contributed by atoms with Gasteiger partial charge in [0.2, 0.25) is 0 Å². The highest BCUT2D eigenvalue weighted by Crippen LogP contribution is 2.40. The number of hydrogen-bond donors (Lipinski definition) is 14. The van der Waals surface area contributed by atoms with Crippen molar-refractivity contribution in [1.29, 1.82) is 0 Å². The Morgan fingerprint density at radius 1 is 0.660 bits per heavy atom. The molecular formula is C32H61NO20. The van der Waals surface area contributed by atoms with Gasteiger partial charge in [-0.05, 0) is 34.1 Å². The highest BCUT2D eigenvalue weighted by atomic mass is 16.8. The summed E-state index contributed by atoms with van der Waals surface area (Å²) < 4.78 is 39.1. The van der Waals surface area contributed by atoms with Gasteiger partial charge < -0.3 is 105 Å². The van der Waals surface area contributed by atoms with Crippen LogP contribution in [0.2, 0.25) is 0 Å². The van der Waals surface area contributed by atoms with E-state index in [0.29, 0.717) is 6.42 Å². The standard InChI is InChI=1S/C32H61NO20/c1-11(7-34)14(37)17(40)18(41)26(45)48-22(15(38)12(2)8-35)19(42)27(46)49-24-21(44)28(52-30-25(24)51-30)50-23-16(39)13(9-36)47-29(20(23)43)53-32(5,6)10-31(3,4)33/h11-30,34-46H,7-10,33H2,1-6H3. The van der Waals surface area contributed by atoms with Crippen molar-refractivity contribution in [2.45, 2.75) is 170 Å². The highest BCUT2D eigenvalue weighted by molar-refractivity contribution is 4.99. The quantitative estimate of drug-likeness (QED) is 0.0380. The molecule has 21 heteroatoms. The Morgan fingerprint density at radius 2 is 1.23 bits per heavy atom. The van der Waals surface area contributed by atoms with Gasteiger partial charge in [-0.2, -0.15) is 0 Å². The SMILES string of the molecule is CC(CO)C(O)C(O)C(O)C(O)OC(C(O)C(C)CO)C(O)C(O)OC1C(O)C(OC2C(O)C(CO)OC(OC(C)(C)CC(C)(C)N)C2O)OC2OC21. The summed E-state index contributed by atoms with van der Waals surface area (Å²) in [5, 5.41) is 136. The molecule has 53 heavy (non-hydrogen) atoms. The van der Waals surface area contributed by atoms with Crippen LogP contribution >= 0.6 is 0 Å². The molecule has 0 aliphatic carbocycles. The van der Waals surface area contributed by atoms with Crippen LogP contribution in [0.15, 0.2) is 0 Å². The van der Waals surface area contributed by atoms with Crippen LogP contribution in [0, 0.1) is 11.8 Å². The van der Waals surface area contributed by atoms with Gasteiger partial charge in [0.05, 0.1) is 24.4 Å². The number of nitrogens with two attached hydrogens (primary N) is 1. The summed E-state index contributed by atoms with van der Waals surface area (Å²) in [6.45, 7) is 7.60. The molecule has 3 rings (SSSR count). The van der Waals surface area contributed by atoms with Crippen molar-refractivity contribution in [3.63, 3.8) is 0 Å². The number of epoxide rings is 1. The molecule has 0 aromatic carbocycles. The molecule has 0 aromatic rings. The van der Waals surface area contributed by atoms with E-state index in [0.717, 1.165) is 0 Å². The zero-order chi connectivity index (χ0) is 40.3. The molecule has 0 bridgehead atoms. The first-order valence-electron chi connectivity index (χ1n) is 17.5. The van der Waals surface area contributed by atoms with E-state index in [1.165, 1.54) is 13.8 Å². The molecule has 21 nitrogen and oxygen atoms in total. The van der Waals surface area contributed by atoms with Crippen molar-refractivity contribution in [2.75, 3.05) is 19.8 Å². The lowest BCUT2D eigenvalue weighted by molar-refractivity contribution is -0.360. The monoisotopic (exact) mass is 779 g/mol. The van der Waals surface area contributed by atoms with E-state index < -0.39 is 154 Å². The Kier molecular flexibility index (Phi) is 16.7. The first-order valence-corrected chi connectivity index (χ1v) is 17.5. The first-order chi connectivity index (χ1) is 24.5.